The van der Waals surface area contributed by atoms with Crippen LogP contribution < -0.4 is 5.32 Å². The molecule has 2 nitrogen and oxygen atoms in total. The first-order valence-electron chi connectivity index (χ1n) is 8.37. The van der Waals surface area contributed by atoms with Gasteiger partial charge in [-0.1, -0.05) is 50.2 Å². The SMILES string of the molecule is CC(C)(CNC(=O)C1Cc2ccccc2S1)c1cccc(C(F)(F)F)c1. The lowest BCUT2D eigenvalue weighted by Gasteiger charge is -2.27. The summed E-state index contributed by atoms with van der Waals surface area (Å²) in [5, 5.41) is 2.73. The van der Waals surface area contributed by atoms with E-state index in [1.807, 2.05) is 38.1 Å². The monoisotopic (exact) mass is 379 g/mol. The van der Waals surface area contributed by atoms with E-state index in [4.69, 9.17) is 0 Å². The lowest BCUT2D eigenvalue weighted by Crippen LogP contribution is -2.40. The smallest absolute Gasteiger partial charge is 0.354 e. The Morgan fingerprint density at radius 2 is 1.81 bits per heavy atom. The fraction of sp³-hybridized carbons (Fsp3) is 0.350. The Morgan fingerprint density at radius 3 is 2.50 bits per heavy atom. The second-order valence-electron chi connectivity index (χ2n) is 7.10. The molecule has 0 radical (unpaired) electrons. The lowest BCUT2D eigenvalue weighted by molar-refractivity contribution is -0.137. The Hall–Kier alpha value is -1.95. The van der Waals surface area contributed by atoms with Crippen LogP contribution in [0.5, 0.6) is 0 Å². The highest BCUT2D eigenvalue weighted by Gasteiger charge is 2.33. The zero-order chi connectivity index (χ0) is 18.9. The van der Waals surface area contributed by atoms with E-state index in [2.05, 4.69) is 5.32 Å². The van der Waals surface area contributed by atoms with Crippen molar-refractivity contribution < 1.29 is 18.0 Å². The lowest BCUT2D eigenvalue weighted by atomic mass is 9.83. The second-order valence-corrected chi connectivity index (χ2v) is 8.34. The van der Waals surface area contributed by atoms with Gasteiger partial charge in [-0.05, 0) is 29.7 Å². The van der Waals surface area contributed by atoms with Crippen molar-refractivity contribution in [3.05, 3.63) is 65.2 Å². The Labute approximate surface area is 155 Å². The zero-order valence-corrected chi connectivity index (χ0v) is 15.4. The van der Waals surface area contributed by atoms with E-state index < -0.39 is 17.2 Å². The summed E-state index contributed by atoms with van der Waals surface area (Å²) in [4.78, 5) is 13.6. The molecule has 0 aliphatic carbocycles. The Kier molecular flexibility index (Phi) is 5.06. The number of rotatable bonds is 4. The third kappa shape index (κ3) is 4.06. The minimum absolute atomic E-state index is 0.0775. The van der Waals surface area contributed by atoms with E-state index in [0.717, 1.165) is 22.6 Å². The zero-order valence-electron chi connectivity index (χ0n) is 14.6. The first-order chi connectivity index (χ1) is 12.2. The van der Waals surface area contributed by atoms with Crippen LogP contribution in [-0.4, -0.2) is 17.7 Å². The van der Waals surface area contributed by atoms with Gasteiger partial charge in [0.15, 0.2) is 0 Å². The van der Waals surface area contributed by atoms with Crippen LogP contribution in [0.25, 0.3) is 0 Å². The van der Waals surface area contributed by atoms with E-state index in [1.54, 1.807) is 6.07 Å². The number of carbonyl (C=O) groups excluding carboxylic acids is 1. The molecule has 0 fully saturated rings. The van der Waals surface area contributed by atoms with Gasteiger partial charge in [-0.25, -0.2) is 0 Å². The number of carbonyl (C=O) groups is 1. The van der Waals surface area contributed by atoms with Gasteiger partial charge in [-0.2, -0.15) is 13.2 Å². The number of hydrogen-bond donors (Lipinski definition) is 1. The summed E-state index contributed by atoms with van der Waals surface area (Å²) < 4.78 is 38.8. The van der Waals surface area contributed by atoms with E-state index >= 15 is 0 Å². The van der Waals surface area contributed by atoms with Crippen LogP contribution in [0.2, 0.25) is 0 Å². The topological polar surface area (TPSA) is 29.1 Å². The molecule has 0 spiro atoms. The molecule has 1 amide bonds. The molecule has 138 valence electrons. The van der Waals surface area contributed by atoms with Crippen LogP contribution in [0.4, 0.5) is 13.2 Å². The number of benzene rings is 2. The quantitative estimate of drug-likeness (QED) is 0.826. The van der Waals surface area contributed by atoms with Crippen molar-refractivity contribution in [3.8, 4) is 0 Å². The number of alkyl halides is 3. The Bertz CT molecular complexity index is 792. The molecule has 1 aliphatic heterocycles. The maximum Gasteiger partial charge on any atom is 0.416 e. The third-order valence-corrected chi connectivity index (χ3v) is 5.93. The summed E-state index contributed by atoms with van der Waals surface area (Å²) in [7, 11) is 0. The number of hydrogen-bond acceptors (Lipinski definition) is 2. The Morgan fingerprint density at radius 1 is 1.12 bits per heavy atom. The van der Waals surface area contributed by atoms with Gasteiger partial charge >= 0.3 is 6.18 Å². The number of amides is 1. The Balaban J connectivity index is 1.65. The van der Waals surface area contributed by atoms with Crippen LogP contribution >= 0.6 is 11.8 Å². The van der Waals surface area contributed by atoms with Crippen molar-refractivity contribution in [1.82, 2.24) is 5.32 Å². The number of fused-ring (bicyclic) bond motifs is 1. The number of thioether (sulfide) groups is 1. The predicted octanol–water partition coefficient (Wildman–Crippen LogP) is 4.82. The maximum atomic E-state index is 12.9. The highest BCUT2D eigenvalue weighted by atomic mass is 32.2. The average Bonchev–Trinajstić information content (AvgIpc) is 3.03. The van der Waals surface area contributed by atoms with Crippen molar-refractivity contribution in [2.45, 2.75) is 42.0 Å². The highest BCUT2D eigenvalue weighted by molar-refractivity contribution is 8.01. The van der Waals surface area contributed by atoms with E-state index in [-0.39, 0.29) is 17.7 Å². The van der Waals surface area contributed by atoms with Crippen LogP contribution in [0.1, 0.15) is 30.5 Å². The summed E-state index contributed by atoms with van der Waals surface area (Å²) in [6.07, 6.45) is -3.70. The van der Waals surface area contributed by atoms with Crippen LogP contribution in [0, 0.1) is 0 Å². The molecule has 1 unspecified atom stereocenters. The van der Waals surface area contributed by atoms with Gasteiger partial charge in [0.1, 0.15) is 0 Å². The summed E-state index contributed by atoms with van der Waals surface area (Å²) in [5.74, 6) is -0.0775. The fourth-order valence-corrected chi connectivity index (χ4v) is 4.19. The molecule has 1 N–H and O–H groups in total. The summed E-state index contributed by atoms with van der Waals surface area (Å²) in [6, 6.07) is 13.2. The highest BCUT2D eigenvalue weighted by Crippen LogP contribution is 2.37. The molecule has 2 aromatic carbocycles. The number of halogens is 3. The van der Waals surface area contributed by atoms with Gasteiger partial charge < -0.3 is 5.32 Å². The molecular formula is C20H20F3NOS. The van der Waals surface area contributed by atoms with Crippen molar-refractivity contribution in [1.29, 1.82) is 0 Å². The largest absolute Gasteiger partial charge is 0.416 e. The molecule has 2 aromatic rings. The van der Waals surface area contributed by atoms with E-state index in [1.165, 1.54) is 17.8 Å². The summed E-state index contributed by atoms with van der Waals surface area (Å²) in [5.41, 5.74) is 0.438. The van der Waals surface area contributed by atoms with Crippen molar-refractivity contribution in [2.75, 3.05) is 6.54 Å². The van der Waals surface area contributed by atoms with Gasteiger partial charge in [0.25, 0.3) is 0 Å². The van der Waals surface area contributed by atoms with Crippen molar-refractivity contribution in [2.24, 2.45) is 0 Å². The molecule has 0 aromatic heterocycles. The van der Waals surface area contributed by atoms with Gasteiger partial charge in [0.05, 0.1) is 10.8 Å². The maximum absolute atomic E-state index is 12.9. The normalized spacial score (nSPS) is 17.0. The molecule has 1 heterocycles. The van der Waals surface area contributed by atoms with Crippen LogP contribution in [0.15, 0.2) is 53.4 Å². The van der Waals surface area contributed by atoms with Gasteiger partial charge in [0, 0.05) is 16.9 Å². The molecule has 1 atom stereocenters. The minimum Gasteiger partial charge on any atom is -0.354 e. The predicted molar refractivity (Wildman–Crippen MR) is 97.3 cm³/mol. The summed E-state index contributed by atoms with van der Waals surface area (Å²) in [6.45, 7) is 3.94. The summed E-state index contributed by atoms with van der Waals surface area (Å²) >= 11 is 1.54. The first kappa shape index (κ1) is 18.8. The fourth-order valence-electron chi connectivity index (χ4n) is 2.97. The van der Waals surface area contributed by atoms with Crippen molar-refractivity contribution >= 4 is 17.7 Å². The second kappa shape index (κ2) is 6.99. The standard InChI is InChI=1S/C20H20F3NOS/c1-19(2,14-7-5-8-15(11-14)20(21,22)23)12-24-18(25)17-10-13-6-3-4-9-16(13)26-17/h3-9,11,17H,10,12H2,1-2H3,(H,24,25). The molecule has 6 heteroatoms. The molecule has 0 saturated carbocycles. The van der Waals surface area contributed by atoms with Gasteiger partial charge in [-0.3, -0.25) is 4.79 Å². The van der Waals surface area contributed by atoms with Gasteiger partial charge in [-0.15, -0.1) is 11.8 Å². The van der Waals surface area contributed by atoms with Crippen LogP contribution in [0.3, 0.4) is 0 Å². The number of nitrogens with one attached hydrogen (secondary N) is 1. The van der Waals surface area contributed by atoms with Gasteiger partial charge in [0.2, 0.25) is 5.91 Å². The van der Waals surface area contributed by atoms with Crippen molar-refractivity contribution in [3.63, 3.8) is 0 Å². The van der Waals surface area contributed by atoms with E-state index in [0.29, 0.717) is 12.0 Å². The molecule has 1 aliphatic rings. The average molecular weight is 379 g/mol. The van der Waals surface area contributed by atoms with E-state index in [9.17, 15) is 18.0 Å². The molecule has 0 bridgehead atoms. The molecule has 3 rings (SSSR count). The molecule has 0 saturated heterocycles. The minimum atomic E-state index is -4.37. The third-order valence-electron chi connectivity index (χ3n) is 4.62. The molecule has 26 heavy (non-hydrogen) atoms. The first-order valence-corrected chi connectivity index (χ1v) is 9.25. The molecular weight excluding hydrogens is 359 g/mol. The van der Waals surface area contributed by atoms with Crippen LogP contribution in [-0.2, 0) is 22.8 Å².